The summed E-state index contributed by atoms with van der Waals surface area (Å²) in [5, 5.41) is 9.26. The van der Waals surface area contributed by atoms with Gasteiger partial charge in [-0.3, -0.25) is 4.90 Å². The van der Waals surface area contributed by atoms with Crippen molar-refractivity contribution >= 4 is 17.6 Å². The number of halogens is 1. The molecule has 0 bridgehead atoms. The van der Waals surface area contributed by atoms with Crippen LogP contribution in [0.5, 0.6) is 0 Å². The summed E-state index contributed by atoms with van der Waals surface area (Å²) in [6.07, 6.45) is 0. The van der Waals surface area contributed by atoms with Gasteiger partial charge in [-0.25, -0.2) is 4.79 Å². The predicted molar refractivity (Wildman–Crippen MR) is 64.5 cm³/mol. The smallest absolute Gasteiger partial charge is 0.337 e. The number of hydrogen-bond acceptors (Lipinski definition) is 3. The van der Waals surface area contributed by atoms with Crippen molar-refractivity contribution in [2.45, 2.75) is 6.54 Å². The second-order valence-electron chi connectivity index (χ2n) is 4.01. The lowest BCUT2D eigenvalue weighted by Gasteiger charge is -2.26. The van der Waals surface area contributed by atoms with Gasteiger partial charge in [0.1, 0.15) is 0 Å². The Morgan fingerprint density at radius 2 is 2.12 bits per heavy atom. The first-order valence-electron chi connectivity index (χ1n) is 5.48. The van der Waals surface area contributed by atoms with Crippen LogP contribution in [0.15, 0.2) is 18.2 Å². The van der Waals surface area contributed by atoms with Gasteiger partial charge in [-0.2, -0.15) is 0 Å². The first-order chi connectivity index (χ1) is 8.16. The van der Waals surface area contributed by atoms with E-state index in [0.717, 1.165) is 38.4 Å². The molecule has 4 nitrogen and oxygen atoms in total. The lowest BCUT2D eigenvalue weighted by atomic mass is 10.1. The van der Waals surface area contributed by atoms with Crippen LogP contribution >= 0.6 is 11.6 Å². The quantitative estimate of drug-likeness (QED) is 0.896. The minimum atomic E-state index is -0.987. The molecule has 92 valence electrons. The number of carbonyl (C=O) groups is 1. The molecule has 0 unspecified atom stereocenters. The normalized spacial score (nSPS) is 17.0. The second kappa shape index (κ2) is 5.49. The van der Waals surface area contributed by atoms with E-state index in [-0.39, 0.29) is 10.6 Å². The van der Waals surface area contributed by atoms with Crippen molar-refractivity contribution in [1.82, 2.24) is 4.90 Å². The van der Waals surface area contributed by atoms with E-state index < -0.39 is 5.97 Å². The van der Waals surface area contributed by atoms with E-state index in [9.17, 15) is 4.79 Å². The molecule has 1 aromatic carbocycles. The van der Waals surface area contributed by atoms with Crippen LogP contribution in [0.4, 0.5) is 0 Å². The molecule has 1 fully saturated rings. The standard InChI is InChI=1S/C12H14ClNO3/c13-11-2-1-9(7-10(11)12(15)16)8-14-3-5-17-6-4-14/h1-2,7H,3-6,8H2,(H,15,16). The first-order valence-corrected chi connectivity index (χ1v) is 5.86. The van der Waals surface area contributed by atoms with Gasteiger partial charge in [-0.15, -0.1) is 0 Å². The Hall–Kier alpha value is -1.10. The largest absolute Gasteiger partial charge is 0.478 e. The Morgan fingerprint density at radius 3 is 2.76 bits per heavy atom. The van der Waals surface area contributed by atoms with Gasteiger partial charge < -0.3 is 9.84 Å². The SMILES string of the molecule is O=C(O)c1cc(CN2CCOCC2)ccc1Cl. The number of aromatic carboxylic acids is 1. The topological polar surface area (TPSA) is 49.8 Å². The number of nitrogens with zero attached hydrogens (tertiary/aromatic N) is 1. The fourth-order valence-corrected chi connectivity index (χ4v) is 2.05. The second-order valence-corrected chi connectivity index (χ2v) is 4.42. The molecule has 0 aromatic heterocycles. The van der Waals surface area contributed by atoms with Gasteiger partial charge in [0.25, 0.3) is 0 Å². The van der Waals surface area contributed by atoms with Crippen molar-refractivity contribution in [2.24, 2.45) is 0 Å². The van der Waals surface area contributed by atoms with Gasteiger partial charge in [-0.05, 0) is 17.7 Å². The molecule has 1 aromatic rings. The molecule has 0 saturated carbocycles. The third-order valence-corrected chi connectivity index (χ3v) is 3.10. The van der Waals surface area contributed by atoms with E-state index in [2.05, 4.69) is 4.90 Å². The van der Waals surface area contributed by atoms with Gasteiger partial charge in [0.2, 0.25) is 0 Å². The van der Waals surface area contributed by atoms with Gasteiger partial charge in [0.05, 0.1) is 23.8 Å². The lowest BCUT2D eigenvalue weighted by molar-refractivity contribution is 0.0341. The van der Waals surface area contributed by atoms with E-state index in [0.29, 0.717) is 0 Å². The van der Waals surface area contributed by atoms with Crippen LogP contribution < -0.4 is 0 Å². The molecule has 1 heterocycles. The minimum Gasteiger partial charge on any atom is -0.478 e. The minimum absolute atomic E-state index is 0.164. The zero-order valence-corrected chi connectivity index (χ0v) is 10.1. The summed E-state index contributed by atoms with van der Waals surface area (Å²) in [6.45, 7) is 3.97. The lowest BCUT2D eigenvalue weighted by Crippen LogP contribution is -2.35. The summed E-state index contributed by atoms with van der Waals surface area (Å²) >= 11 is 5.82. The highest BCUT2D eigenvalue weighted by Crippen LogP contribution is 2.19. The molecule has 2 rings (SSSR count). The van der Waals surface area contributed by atoms with E-state index >= 15 is 0 Å². The highest BCUT2D eigenvalue weighted by molar-refractivity contribution is 6.33. The van der Waals surface area contributed by atoms with Crippen LogP contribution in [0.3, 0.4) is 0 Å². The number of hydrogen-bond donors (Lipinski definition) is 1. The number of morpholine rings is 1. The zero-order valence-electron chi connectivity index (χ0n) is 9.36. The Kier molecular flexibility index (Phi) is 3.99. The van der Waals surface area contributed by atoms with Crippen molar-refractivity contribution in [2.75, 3.05) is 26.3 Å². The summed E-state index contributed by atoms with van der Waals surface area (Å²) < 4.78 is 5.26. The molecule has 0 aliphatic carbocycles. The molecule has 0 radical (unpaired) electrons. The Morgan fingerprint density at radius 1 is 1.41 bits per heavy atom. The van der Waals surface area contributed by atoms with Crippen molar-refractivity contribution in [1.29, 1.82) is 0 Å². The molecule has 1 aliphatic rings. The third kappa shape index (κ3) is 3.19. The Bertz CT molecular complexity index is 416. The molecule has 5 heteroatoms. The van der Waals surface area contributed by atoms with Crippen LogP contribution in [-0.4, -0.2) is 42.3 Å². The van der Waals surface area contributed by atoms with Gasteiger partial charge in [0, 0.05) is 19.6 Å². The van der Waals surface area contributed by atoms with Crippen molar-refractivity contribution < 1.29 is 14.6 Å². The Labute approximate surface area is 105 Å². The molecular formula is C12H14ClNO3. The Balaban J connectivity index is 2.10. The molecule has 1 N–H and O–H groups in total. The summed E-state index contributed by atoms with van der Waals surface area (Å²) in [5.74, 6) is -0.987. The monoisotopic (exact) mass is 255 g/mol. The van der Waals surface area contributed by atoms with Gasteiger partial charge >= 0.3 is 5.97 Å². The molecule has 17 heavy (non-hydrogen) atoms. The number of ether oxygens (including phenoxy) is 1. The highest BCUT2D eigenvalue weighted by atomic mass is 35.5. The molecule has 0 atom stereocenters. The van der Waals surface area contributed by atoms with E-state index in [1.54, 1.807) is 12.1 Å². The van der Waals surface area contributed by atoms with Crippen LogP contribution in [0.2, 0.25) is 5.02 Å². The number of carboxylic acids is 1. The van der Waals surface area contributed by atoms with E-state index in [1.165, 1.54) is 0 Å². The number of benzene rings is 1. The third-order valence-electron chi connectivity index (χ3n) is 2.77. The number of carboxylic acid groups (broad SMARTS) is 1. The average molecular weight is 256 g/mol. The van der Waals surface area contributed by atoms with Gasteiger partial charge in [0.15, 0.2) is 0 Å². The molecule has 1 aliphatic heterocycles. The number of rotatable bonds is 3. The molecular weight excluding hydrogens is 242 g/mol. The van der Waals surface area contributed by atoms with Crippen LogP contribution in [0.1, 0.15) is 15.9 Å². The van der Waals surface area contributed by atoms with E-state index in [4.69, 9.17) is 21.4 Å². The fraction of sp³-hybridized carbons (Fsp3) is 0.417. The molecule has 0 amide bonds. The fourth-order valence-electron chi connectivity index (χ4n) is 1.85. The highest BCUT2D eigenvalue weighted by Gasteiger charge is 2.13. The molecule has 1 saturated heterocycles. The summed E-state index contributed by atoms with van der Waals surface area (Å²) in [6, 6.07) is 5.14. The van der Waals surface area contributed by atoms with Crippen LogP contribution in [-0.2, 0) is 11.3 Å². The van der Waals surface area contributed by atoms with Crippen LogP contribution in [0, 0.1) is 0 Å². The summed E-state index contributed by atoms with van der Waals surface area (Å²) in [5.41, 5.74) is 1.13. The van der Waals surface area contributed by atoms with Crippen molar-refractivity contribution in [3.8, 4) is 0 Å². The maximum Gasteiger partial charge on any atom is 0.337 e. The van der Waals surface area contributed by atoms with Gasteiger partial charge in [-0.1, -0.05) is 17.7 Å². The predicted octanol–water partition coefficient (Wildman–Crippen LogP) is 1.87. The summed E-state index contributed by atoms with van der Waals surface area (Å²) in [7, 11) is 0. The van der Waals surface area contributed by atoms with Crippen molar-refractivity contribution in [3.63, 3.8) is 0 Å². The average Bonchev–Trinajstić information content (AvgIpc) is 2.32. The molecule has 0 spiro atoms. The first kappa shape index (κ1) is 12.4. The maximum absolute atomic E-state index is 10.9. The van der Waals surface area contributed by atoms with Crippen molar-refractivity contribution in [3.05, 3.63) is 34.3 Å². The van der Waals surface area contributed by atoms with Crippen LogP contribution in [0.25, 0.3) is 0 Å². The maximum atomic E-state index is 10.9. The zero-order chi connectivity index (χ0) is 12.3. The summed E-state index contributed by atoms with van der Waals surface area (Å²) in [4.78, 5) is 13.2. The van der Waals surface area contributed by atoms with E-state index in [1.807, 2.05) is 6.07 Å².